The van der Waals surface area contributed by atoms with Crippen LogP contribution in [0.1, 0.15) is 18.4 Å². The number of piperidine rings is 1. The van der Waals surface area contributed by atoms with Crippen LogP contribution in [-0.4, -0.2) is 38.1 Å². The standard InChI is InChI=1S/C14H22BrN3/c1-17-7-3-4-12(10-17)18(2)14-6-5-11(9-16)8-13(14)15/h5-6,8,12H,3-4,7,9-10,16H2,1-2H3. The summed E-state index contributed by atoms with van der Waals surface area (Å²) in [7, 11) is 4.39. The lowest BCUT2D eigenvalue weighted by Crippen LogP contribution is -2.45. The summed E-state index contributed by atoms with van der Waals surface area (Å²) >= 11 is 3.66. The molecular weight excluding hydrogens is 290 g/mol. The van der Waals surface area contributed by atoms with Gasteiger partial charge in [0.25, 0.3) is 0 Å². The maximum atomic E-state index is 5.66. The first-order valence-electron chi connectivity index (χ1n) is 6.51. The molecule has 1 aliphatic rings. The Hall–Kier alpha value is -0.580. The molecule has 1 fully saturated rings. The number of hydrogen-bond acceptors (Lipinski definition) is 3. The van der Waals surface area contributed by atoms with Gasteiger partial charge in [-0.1, -0.05) is 6.07 Å². The van der Waals surface area contributed by atoms with Gasteiger partial charge >= 0.3 is 0 Å². The SMILES string of the molecule is CN1CCCC(N(C)c2ccc(CN)cc2Br)C1. The lowest BCUT2D eigenvalue weighted by atomic mass is 10.0. The summed E-state index contributed by atoms with van der Waals surface area (Å²) in [6.07, 6.45) is 2.55. The first-order chi connectivity index (χ1) is 8.61. The molecular formula is C14H22BrN3. The minimum absolute atomic E-state index is 0.592. The van der Waals surface area contributed by atoms with E-state index in [2.05, 4.69) is 58.0 Å². The quantitative estimate of drug-likeness (QED) is 0.930. The van der Waals surface area contributed by atoms with E-state index >= 15 is 0 Å². The van der Waals surface area contributed by atoms with E-state index in [-0.39, 0.29) is 0 Å². The molecule has 0 radical (unpaired) electrons. The zero-order chi connectivity index (χ0) is 13.1. The molecule has 0 saturated carbocycles. The molecule has 1 heterocycles. The molecule has 1 unspecified atom stereocenters. The topological polar surface area (TPSA) is 32.5 Å². The fraction of sp³-hybridized carbons (Fsp3) is 0.571. The largest absolute Gasteiger partial charge is 0.369 e. The maximum absolute atomic E-state index is 5.66. The smallest absolute Gasteiger partial charge is 0.0511 e. The van der Waals surface area contributed by atoms with Crippen molar-refractivity contribution in [2.45, 2.75) is 25.4 Å². The van der Waals surface area contributed by atoms with Crippen molar-refractivity contribution in [2.75, 3.05) is 32.1 Å². The predicted octanol–water partition coefficient (Wildman–Crippen LogP) is 2.44. The van der Waals surface area contributed by atoms with Crippen LogP contribution in [-0.2, 0) is 6.54 Å². The summed E-state index contributed by atoms with van der Waals surface area (Å²) in [6, 6.07) is 7.01. The predicted molar refractivity (Wildman–Crippen MR) is 81.0 cm³/mol. The summed E-state index contributed by atoms with van der Waals surface area (Å²) in [4.78, 5) is 4.80. The van der Waals surface area contributed by atoms with Crippen LogP contribution in [0.5, 0.6) is 0 Å². The number of anilines is 1. The second-order valence-electron chi connectivity index (χ2n) is 5.16. The summed E-state index contributed by atoms with van der Waals surface area (Å²) < 4.78 is 1.14. The van der Waals surface area contributed by atoms with E-state index in [0.29, 0.717) is 12.6 Å². The van der Waals surface area contributed by atoms with Gasteiger partial charge in [0, 0.05) is 30.7 Å². The molecule has 3 nitrogen and oxygen atoms in total. The maximum Gasteiger partial charge on any atom is 0.0511 e. The number of likely N-dealkylation sites (tertiary alicyclic amines) is 1. The van der Waals surface area contributed by atoms with Gasteiger partial charge in [-0.25, -0.2) is 0 Å². The lowest BCUT2D eigenvalue weighted by Gasteiger charge is -2.37. The first-order valence-corrected chi connectivity index (χ1v) is 7.31. The molecule has 1 aromatic rings. The zero-order valence-electron chi connectivity index (χ0n) is 11.2. The minimum Gasteiger partial charge on any atom is -0.369 e. The van der Waals surface area contributed by atoms with Crippen LogP contribution in [0.2, 0.25) is 0 Å². The van der Waals surface area contributed by atoms with Crippen molar-refractivity contribution in [3.8, 4) is 0 Å². The highest BCUT2D eigenvalue weighted by atomic mass is 79.9. The average Bonchev–Trinajstić information content (AvgIpc) is 2.37. The molecule has 18 heavy (non-hydrogen) atoms. The molecule has 0 aliphatic carbocycles. The number of likely N-dealkylation sites (N-methyl/N-ethyl adjacent to an activating group) is 2. The van der Waals surface area contributed by atoms with Gasteiger partial charge in [0.2, 0.25) is 0 Å². The van der Waals surface area contributed by atoms with E-state index in [1.807, 2.05) is 0 Å². The Balaban J connectivity index is 2.15. The van der Waals surface area contributed by atoms with Gasteiger partial charge in [0.05, 0.1) is 5.69 Å². The molecule has 1 atom stereocenters. The number of nitrogens with two attached hydrogens (primary N) is 1. The van der Waals surface area contributed by atoms with Gasteiger partial charge in [-0.15, -0.1) is 0 Å². The molecule has 1 aliphatic heterocycles. The van der Waals surface area contributed by atoms with Crippen molar-refractivity contribution in [3.63, 3.8) is 0 Å². The molecule has 2 N–H and O–H groups in total. The Kier molecular flexibility index (Phi) is 4.65. The molecule has 0 bridgehead atoms. The number of nitrogens with zero attached hydrogens (tertiary/aromatic N) is 2. The van der Waals surface area contributed by atoms with Gasteiger partial charge in [-0.05, 0) is 60.1 Å². The van der Waals surface area contributed by atoms with Gasteiger partial charge in [-0.2, -0.15) is 0 Å². The lowest BCUT2D eigenvalue weighted by molar-refractivity contribution is 0.248. The van der Waals surface area contributed by atoms with Crippen LogP contribution >= 0.6 is 15.9 Å². The third-order valence-corrected chi connectivity index (χ3v) is 4.41. The van der Waals surface area contributed by atoms with Gasteiger partial charge in [-0.3, -0.25) is 0 Å². The van der Waals surface area contributed by atoms with Gasteiger partial charge in [0.1, 0.15) is 0 Å². The average molecular weight is 312 g/mol. The molecule has 2 rings (SSSR count). The Bertz CT molecular complexity index is 408. The minimum atomic E-state index is 0.592. The normalized spacial score (nSPS) is 21.0. The van der Waals surface area contributed by atoms with Crippen LogP contribution in [0.25, 0.3) is 0 Å². The fourth-order valence-corrected chi connectivity index (χ4v) is 3.32. The number of hydrogen-bond donors (Lipinski definition) is 1. The third-order valence-electron chi connectivity index (χ3n) is 3.78. The number of rotatable bonds is 3. The van der Waals surface area contributed by atoms with Crippen molar-refractivity contribution in [3.05, 3.63) is 28.2 Å². The van der Waals surface area contributed by atoms with Crippen LogP contribution in [0.15, 0.2) is 22.7 Å². The zero-order valence-corrected chi connectivity index (χ0v) is 12.8. The van der Waals surface area contributed by atoms with E-state index in [1.165, 1.54) is 30.6 Å². The highest BCUT2D eigenvalue weighted by Gasteiger charge is 2.22. The van der Waals surface area contributed by atoms with Crippen molar-refractivity contribution < 1.29 is 0 Å². The molecule has 100 valence electrons. The van der Waals surface area contributed by atoms with Crippen LogP contribution < -0.4 is 10.6 Å². The Morgan fingerprint density at radius 3 is 2.89 bits per heavy atom. The Morgan fingerprint density at radius 1 is 1.50 bits per heavy atom. The van der Waals surface area contributed by atoms with Crippen molar-refractivity contribution >= 4 is 21.6 Å². The van der Waals surface area contributed by atoms with Crippen molar-refractivity contribution in [1.82, 2.24) is 4.90 Å². The number of halogens is 1. The van der Waals surface area contributed by atoms with Crippen molar-refractivity contribution in [1.29, 1.82) is 0 Å². The van der Waals surface area contributed by atoms with E-state index in [9.17, 15) is 0 Å². The van der Waals surface area contributed by atoms with E-state index in [0.717, 1.165) is 11.0 Å². The molecule has 1 saturated heterocycles. The molecule has 0 amide bonds. The summed E-state index contributed by atoms with van der Waals surface area (Å²) in [5.74, 6) is 0. The van der Waals surface area contributed by atoms with Crippen molar-refractivity contribution in [2.24, 2.45) is 5.73 Å². The van der Waals surface area contributed by atoms with Crippen LogP contribution in [0.4, 0.5) is 5.69 Å². The Labute approximate surface area is 118 Å². The second-order valence-corrected chi connectivity index (χ2v) is 6.01. The molecule has 0 spiro atoms. The van der Waals surface area contributed by atoms with E-state index in [4.69, 9.17) is 5.73 Å². The summed E-state index contributed by atoms with van der Waals surface area (Å²) in [5.41, 5.74) is 8.09. The molecule has 1 aromatic carbocycles. The molecule has 4 heteroatoms. The monoisotopic (exact) mass is 311 g/mol. The summed E-state index contributed by atoms with van der Waals surface area (Å²) in [5, 5.41) is 0. The van der Waals surface area contributed by atoms with E-state index < -0.39 is 0 Å². The Morgan fingerprint density at radius 2 is 2.28 bits per heavy atom. The van der Waals surface area contributed by atoms with E-state index in [1.54, 1.807) is 0 Å². The second kappa shape index (κ2) is 6.04. The van der Waals surface area contributed by atoms with Gasteiger partial charge < -0.3 is 15.5 Å². The highest BCUT2D eigenvalue weighted by Crippen LogP contribution is 2.29. The number of benzene rings is 1. The third kappa shape index (κ3) is 3.05. The summed E-state index contributed by atoms with van der Waals surface area (Å²) in [6.45, 7) is 2.95. The van der Waals surface area contributed by atoms with Gasteiger partial charge in [0.15, 0.2) is 0 Å². The first kappa shape index (κ1) is 13.8. The molecule has 0 aromatic heterocycles. The van der Waals surface area contributed by atoms with Crippen LogP contribution in [0.3, 0.4) is 0 Å². The van der Waals surface area contributed by atoms with Crippen LogP contribution in [0, 0.1) is 0 Å². The highest BCUT2D eigenvalue weighted by molar-refractivity contribution is 9.10. The fourth-order valence-electron chi connectivity index (χ4n) is 2.62.